The Labute approximate surface area is 202 Å². The lowest BCUT2D eigenvalue weighted by molar-refractivity contribution is -0.135. The van der Waals surface area contributed by atoms with Crippen LogP contribution in [0, 0.1) is 12.8 Å². The van der Waals surface area contributed by atoms with Crippen LogP contribution in [0.5, 0.6) is 0 Å². The fraction of sp³-hybridized carbons (Fsp3) is 0.464. The number of rotatable bonds is 7. The fourth-order valence-electron chi connectivity index (χ4n) is 5.10. The Morgan fingerprint density at radius 1 is 0.882 bits per heavy atom. The lowest BCUT2D eigenvalue weighted by atomic mass is 9.88. The molecule has 3 amide bonds. The van der Waals surface area contributed by atoms with Gasteiger partial charge in [0.1, 0.15) is 6.04 Å². The van der Waals surface area contributed by atoms with Gasteiger partial charge >= 0.3 is 0 Å². The van der Waals surface area contributed by atoms with Gasteiger partial charge in [0.15, 0.2) is 0 Å². The first-order valence-corrected chi connectivity index (χ1v) is 12.5. The van der Waals surface area contributed by atoms with E-state index in [2.05, 4.69) is 5.32 Å². The third kappa shape index (κ3) is 5.85. The Hall–Kier alpha value is -3.15. The minimum absolute atomic E-state index is 0.0216. The first-order chi connectivity index (χ1) is 16.5. The van der Waals surface area contributed by atoms with E-state index >= 15 is 0 Å². The normalized spacial score (nSPS) is 17.4. The molecule has 1 N–H and O–H groups in total. The lowest BCUT2D eigenvalue weighted by Gasteiger charge is -2.37. The summed E-state index contributed by atoms with van der Waals surface area (Å²) in [6.07, 6.45) is 4.69. The number of piperidine rings is 1. The van der Waals surface area contributed by atoms with E-state index in [1.54, 1.807) is 6.07 Å². The number of nitrogens with one attached hydrogen (secondary N) is 1. The summed E-state index contributed by atoms with van der Waals surface area (Å²) in [6, 6.07) is 17.0. The van der Waals surface area contributed by atoms with Gasteiger partial charge in [-0.3, -0.25) is 14.4 Å². The van der Waals surface area contributed by atoms with Crippen molar-refractivity contribution < 1.29 is 14.4 Å². The number of aryl methyl sites for hydroxylation is 2. The summed E-state index contributed by atoms with van der Waals surface area (Å²) in [5, 5.41) is 3.08. The van der Waals surface area contributed by atoms with Crippen molar-refractivity contribution in [2.45, 2.75) is 51.5 Å². The van der Waals surface area contributed by atoms with Crippen LogP contribution < -0.4 is 5.32 Å². The molecule has 0 radical (unpaired) electrons. The molecule has 2 aliphatic rings. The predicted octanol–water partition coefficient (Wildman–Crippen LogP) is 3.59. The smallest absolute Gasteiger partial charge is 0.252 e. The van der Waals surface area contributed by atoms with E-state index < -0.39 is 6.04 Å². The molecule has 2 aromatic rings. The molecule has 1 unspecified atom stereocenters. The highest BCUT2D eigenvalue weighted by Gasteiger charge is 2.36. The third-order valence-electron chi connectivity index (χ3n) is 7.19. The Morgan fingerprint density at radius 2 is 1.53 bits per heavy atom. The van der Waals surface area contributed by atoms with Crippen LogP contribution in [0.4, 0.5) is 0 Å². The van der Waals surface area contributed by atoms with E-state index in [1.165, 1.54) is 5.56 Å². The van der Waals surface area contributed by atoms with E-state index in [-0.39, 0.29) is 23.6 Å². The van der Waals surface area contributed by atoms with E-state index in [9.17, 15) is 14.4 Å². The van der Waals surface area contributed by atoms with E-state index in [0.29, 0.717) is 25.1 Å². The van der Waals surface area contributed by atoms with Crippen LogP contribution >= 0.6 is 0 Å². The van der Waals surface area contributed by atoms with Crippen molar-refractivity contribution in [3.05, 3.63) is 71.3 Å². The zero-order valence-corrected chi connectivity index (χ0v) is 20.0. The van der Waals surface area contributed by atoms with Gasteiger partial charge in [0.05, 0.1) is 0 Å². The van der Waals surface area contributed by atoms with E-state index in [1.807, 2.05) is 65.3 Å². The molecule has 1 atom stereocenters. The molecular formula is C28H35N3O3. The Balaban J connectivity index is 1.38. The van der Waals surface area contributed by atoms with Gasteiger partial charge in [-0.1, -0.05) is 48.5 Å². The fourth-order valence-corrected chi connectivity index (χ4v) is 5.10. The summed E-state index contributed by atoms with van der Waals surface area (Å²) >= 11 is 0. The monoisotopic (exact) mass is 461 g/mol. The van der Waals surface area contributed by atoms with Gasteiger partial charge in [0.25, 0.3) is 5.91 Å². The average Bonchev–Trinajstić information content (AvgIpc) is 3.41. The first kappa shape index (κ1) is 24.0. The number of nitrogens with zero attached hydrogens (tertiary/aromatic N) is 2. The summed E-state index contributed by atoms with van der Waals surface area (Å²) in [4.78, 5) is 43.1. The van der Waals surface area contributed by atoms with Crippen molar-refractivity contribution in [3.8, 4) is 0 Å². The molecule has 0 spiro atoms. The van der Waals surface area contributed by atoms with Crippen molar-refractivity contribution in [3.63, 3.8) is 0 Å². The van der Waals surface area contributed by atoms with Gasteiger partial charge < -0.3 is 15.1 Å². The molecule has 0 aromatic heterocycles. The van der Waals surface area contributed by atoms with Crippen molar-refractivity contribution in [1.29, 1.82) is 0 Å². The maximum absolute atomic E-state index is 13.4. The Morgan fingerprint density at radius 3 is 2.21 bits per heavy atom. The van der Waals surface area contributed by atoms with Crippen molar-refractivity contribution in [2.75, 3.05) is 26.2 Å². The van der Waals surface area contributed by atoms with Crippen LogP contribution in [0.15, 0.2) is 54.6 Å². The minimum atomic E-state index is -0.549. The molecule has 2 aliphatic heterocycles. The zero-order chi connectivity index (χ0) is 23.9. The highest BCUT2D eigenvalue weighted by molar-refractivity contribution is 5.98. The third-order valence-corrected chi connectivity index (χ3v) is 7.19. The molecule has 34 heavy (non-hydrogen) atoms. The van der Waals surface area contributed by atoms with E-state index in [4.69, 9.17) is 0 Å². The first-order valence-electron chi connectivity index (χ1n) is 12.5. The molecule has 0 saturated carbocycles. The van der Waals surface area contributed by atoms with Crippen LogP contribution in [0.1, 0.15) is 53.6 Å². The molecular weight excluding hydrogens is 426 g/mol. The SMILES string of the molecule is Cc1ccccc1C(=O)NC(C(=O)N1CCCC1)C1CCN(C(=O)CCc2ccccc2)CC1. The van der Waals surface area contributed by atoms with Gasteiger partial charge in [-0.15, -0.1) is 0 Å². The maximum Gasteiger partial charge on any atom is 0.252 e. The van der Waals surface area contributed by atoms with Gasteiger partial charge in [0.2, 0.25) is 11.8 Å². The van der Waals surface area contributed by atoms with Crippen LogP contribution in [0.25, 0.3) is 0 Å². The summed E-state index contributed by atoms with van der Waals surface area (Å²) in [5.74, 6) is 0.0122. The van der Waals surface area contributed by atoms with Crippen LogP contribution in [0.3, 0.4) is 0 Å². The van der Waals surface area contributed by atoms with E-state index in [0.717, 1.165) is 50.8 Å². The predicted molar refractivity (Wildman–Crippen MR) is 132 cm³/mol. The minimum Gasteiger partial charge on any atom is -0.343 e. The number of benzene rings is 2. The zero-order valence-electron chi connectivity index (χ0n) is 20.0. The summed E-state index contributed by atoms with van der Waals surface area (Å²) in [5.41, 5.74) is 2.67. The maximum atomic E-state index is 13.4. The topological polar surface area (TPSA) is 69.7 Å². The molecule has 2 heterocycles. The lowest BCUT2D eigenvalue weighted by Crippen LogP contribution is -2.54. The molecule has 6 nitrogen and oxygen atoms in total. The number of likely N-dealkylation sites (tertiary alicyclic amines) is 2. The molecule has 2 fully saturated rings. The molecule has 0 aliphatic carbocycles. The standard InChI is InChI=1S/C28H35N3O3/c1-21-9-5-6-12-24(21)27(33)29-26(28(34)31-17-7-8-18-31)23-15-19-30(20-16-23)25(32)14-13-22-10-3-2-4-11-22/h2-6,9-12,23,26H,7-8,13-20H2,1H3,(H,29,33). The van der Waals surface area contributed by atoms with Crippen molar-refractivity contribution in [1.82, 2.24) is 15.1 Å². The second-order valence-corrected chi connectivity index (χ2v) is 9.50. The number of carbonyl (C=O) groups excluding carboxylic acids is 3. The summed E-state index contributed by atoms with van der Waals surface area (Å²) in [7, 11) is 0. The Kier molecular flexibility index (Phi) is 7.99. The Bertz CT molecular complexity index is 993. The number of hydrogen-bond donors (Lipinski definition) is 1. The van der Waals surface area contributed by atoms with Crippen LogP contribution in [-0.2, 0) is 16.0 Å². The van der Waals surface area contributed by atoms with Crippen LogP contribution in [-0.4, -0.2) is 59.7 Å². The summed E-state index contributed by atoms with van der Waals surface area (Å²) in [6.45, 7) is 4.68. The van der Waals surface area contributed by atoms with Gasteiger partial charge in [-0.05, 0) is 62.1 Å². The highest BCUT2D eigenvalue weighted by Crippen LogP contribution is 2.25. The van der Waals surface area contributed by atoms with Gasteiger partial charge in [-0.2, -0.15) is 0 Å². The number of amides is 3. The average molecular weight is 462 g/mol. The van der Waals surface area contributed by atoms with Crippen molar-refractivity contribution >= 4 is 17.7 Å². The van der Waals surface area contributed by atoms with Gasteiger partial charge in [-0.25, -0.2) is 0 Å². The highest BCUT2D eigenvalue weighted by atomic mass is 16.2. The number of carbonyl (C=O) groups is 3. The van der Waals surface area contributed by atoms with Crippen LogP contribution in [0.2, 0.25) is 0 Å². The molecule has 0 bridgehead atoms. The molecule has 2 aromatic carbocycles. The molecule has 2 saturated heterocycles. The van der Waals surface area contributed by atoms with Gasteiger partial charge in [0, 0.05) is 38.2 Å². The van der Waals surface area contributed by atoms with Crippen molar-refractivity contribution in [2.24, 2.45) is 5.92 Å². The largest absolute Gasteiger partial charge is 0.343 e. The summed E-state index contributed by atoms with van der Waals surface area (Å²) < 4.78 is 0. The second-order valence-electron chi connectivity index (χ2n) is 9.50. The number of hydrogen-bond acceptors (Lipinski definition) is 3. The molecule has 4 rings (SSSR count). The quantitative estimate of drug-likeness (QED) is 0.685. The second kappa shape index (κ2) is 11.3. The molecule has 180 valence electrons. The molecule has 6 heteroatoms.